The maximum absolute atomic E-state index is 13.8. The molecular weight excluding hydrogens is 355 g/mol. The molecule has 0 spiro atoms. The topological polar surface area (TPSA) is 41.4 Å². The molecule has 28 heavy (non-hydrogen) atoms. The maximum atomic E-state index is 13.8. The second kappa shape index (κ2) is 9.14. The Hall–Kier alpha value is -1.79. The van der Waals surface area contributed by atoms with E-state index >= 15 is 0 Å². The fourth-order valence-corrected chi connectivity index (χ4v) is 4.13. The molecule has 0 radical (unpaired) electrons. The average Bonchev–Trinajstić information content (AvgIpc) is 2.87. The zero-order chi connectivity index (χ0) is 20.3. The van der Waals surface area contributed by atoms with Gasteiger partial charge < -0.3 is 4.90 Å². The van der Waals surface area contributed by atoms with Crippen molar-refractivity contribution in [1.82, 2.24) is 19.4 Å². The molecule has 0 bridgehead atoms. The normalized spacial score (nSPS) is 17.9. The molecule has 1 aromatic carbocycles. The smallest absolute Gasteiger partial charge is 0.261 e. The quantitative estimate of drug-likeness (QED) is 0.757. The minimum absolute atomic E-state index is 0.109. The Morgan fingerprint density at radius 2 is 1.96 bits per heavy atom. The van der Waals surface area contributed by atoms with Crippen LogP contribution in [0.2, 0.25) is 0 Å². The molecule has 1 atom stereocenters. The summed E-state index contributed by atoms with van der Waals surface area (Å²) < 4.78 is 15.6. The Balaban J connectivity index is 2.13. The number of halogens is 1. The molecule has 1 aliphatic rings. The lowest BCUT2D eigenvalue weighted by atomic mass is 10.1. The summed E-state index contributed by atoms with van der Waals surface area (Å²) in [4.78, 5) is 23.0. The molecule has 2 heterocycles. The second-order valence-corrected chi connectivity index (χ2v) is 8.44. The second-order valence-electron chi connectivity index (χ2n) is 8.44. The Morgan fingerprint density at radius 1 is 1.18 bits per heavy atom. The van der Waals surface area contributed by atoms with Crippen molar-refractivity contribution >= 4 is 10.9 Å². The average molecular weight is 389 g/mol. The first kappa shape index (κ1) is 20.9. The Morgan fingerprint density at radius 3 is 2.68 bits per heavy atom. The molecule has 0 N–H and O–H groups in total. The lowest BCUT2D eigenvalue weighted by molar-refractivity contribution is 0.178. The molecule has 1 saturated heterocycles. The highest BCUT2D eigenvalue weighted by atomic mass is 19.1. The lowest BCUT2D eigenvalue weighted by Gasteiger charge is -2.32. The molecule has 1 fully saturated rings. The van der Waals surface area contributed by atoms with Gasteiger partial charge in [-0.3, -0.25) is 14.3 Å². The fourth-order valence-electron chi connectivity index (χ4n) is 4.13. The summed E-state index contributed by atoms with van der Waals surface area (Å²) in [7, 11) is 2.16. The molecule has 0 unspecified atom stereocenters. The van der Waals surface area contributed by atoms with Gasteiger partial charge in [0.25, 0.3) is 5.56 Å². The minimum Gasteiger partial charge on any atom is -0.305 e. The van der Waals surface area contributed by atoms with E-state index in [2.05, 4.69) is 37.6 Å². The van der Waals surface area contributed by atoms with Crippen molar-refractivity contribution in [3.05, 3.63) is 40.2 Å². The summed E-state index contributed by atoms with van der Waals surface area (Å²) in [6.07, 6.45) is 3.10. The van der Waals surface area contributed by atoms with E-state index < -0.39 is 5.82 Å². The number of hydrogen-bond donors (Lipinski definition) is 0. The van der Waals surface area contributed by atoms with E-state index in [4.69, 9.17) is 4.98 Å². The van der Waals surface area contributed by atoms with Crippen molar-refractivity contribution in [2.75, 3.05) is 33.2 Å². The van der Waals surface area contributed by atoms with Crippen LogP contribution in [0.5, 0.6) is 0 Å². The van der Waals surface area contributed by atoms with E-state index in [-0.39, 0.29) is 11.6 Å². The number of benzene rings is 1. The third kappa shape index (κ3) is 4.61. The summed E-state index contributed by atoms with van der Waals surface area (Å²) in [6.45, 7) is 11.1. The lowest BCUT2D eigenvalue weighted by Crippen LogP contribution is -2.38. The summed E-state index contributed by atoms with van der Waals surface area (Å²) in [5.74, 6) is 0.752. The highest BCUT2D eigenvalue weighted by Crippen LogP contribution is 2.27. The molecule has 3 rings (SSSR count). The number of aromatic nitrogens is 2. The Bertz CT molecular complexity index is 863. The Labute approximate surface area is 167 Å². The molecule has 6 heteroatoms. The van der Waals surface area contributed by atoms with Gasteiger partial charge in [-0.05, 0) is 50.6 Å². The zero-order valence-corrected chi connectivity index (χ0v) is 17.6. The van der Waals surface area contributed by atoms with E-state index in [0.29, 0.717) is 23.4 Å². The largest absolute Gasteiger partial charge is 0.305 e. The number of hydrogen-bond acceptors (Lipinski definition) is 4. The van der Waals surface area contributed by atoms with Crippen LogP contribution in [0.15, 0.2) is 23.0 Å². The number of likely N-dealkylation sites (N-methyl/N-ethyl adjacent to an activating group) is 1. The predicted octanol–water partition coefficient (Wildman–Crippen LogP) is 3.67. The van der Waals surface area contributed by atoms with Crippen LogP contribution in [0.1, 0.15) is 51.9 Å². The van der Waals surface area contributed by atoms with Gasteiger partial charge >= 0.3 is 0 Å². The molecule has 1 aromatic heterocycles. The van der Waals surface area contributed by atoms with E-state index in [0.717, 1.165) is 51.3 Å². The molecule has 2 aromatic rings. The first-order chi connectivity index (χ1) is 13.4. The van der Waals surface area contributed by atoms with Gasteiger partial charge in [0.15, 0.2) is 0 Å². The van der Waals surface area contributed by atoms with Crippen LogP contribution in [0.25, 0.3) is 10.9 Å². The van der Waals surface area contributed by atoms with Crippen molar-refractivity contribution in [1.29, 1.82) is 0 Å². The molecule has 0 saturated carbocycles. The number of rotatable bonds is 6. The van der Waals surface area contributed by atoms with E-state index in [1.54, 1.807) is 10.6 Å². The first-order valence-corrected chi connectivity index (χ1v) is 10.5. The van der Waals surface area contributed by atoms with E-state index in [9.17, 15) is 9.18 Å². The van der Waals surface area contributed by atoms with Crippen LogP contribution in [-0.4, -0.2) is 52.6 Å². The molecule has 1 aliphatic heterocycles. The van der Waals surface area contributed by atoms with Crippen molar-refractivity contribution < 1.29 is 4.39 Å². The SMILES string of the molecule is CCC[C@H](c1nc2ccc(F)cc2c(=O)n1CC(C)C)N1CCCN(C)CC1. The third-order valence-corrected chi connectivity index (χ3v) is 5.55. The van der Waals surface area contributed by atoms with Crippen LogP contribution < -0.4 is 5.56 Å². The highest BCUT2D eigenvalue weighted by Gasteiger charge is 2.27. The number of nitrogens with zero attached hydrogens (tertiary/aromatic N) is 4. The van der Waals surface area contributed by atoms with Gasteiger partial charge in [-0.1, -0.05) is 27.2 Å². The van der Waals surface area contributed by atoms with Crippen molar-refractivity contribution in [3.63, 3.8) is 0 Å². The third-order valence-electron chi connectivity index (χ3n) is 5.55. The van der Waals surface area contributed by atoms with Gasteiger partial charge in [-0.15, -0.1) is 0 Å². The van der Waals surface area contributed by atoms with Gasteiger partial charge in [0, 0.05) is 26.2 Å². The minimum atomic E-state index is -0.393. The standard InChI is InChI=1S/C22H33FN4O/c1-5-7-20(26-11-6-10-25(4)12-13-26)21-24-19-9-8-17(23)14-18(19)22(28)27(21)15-16(2)3/h8-9,14,16,20H,5-7,10-13,15H2,1-4H3/t20-/m1/s1. The van der Waals surface area contributed by atoms with Crippen LogP contribution in [0.3, 0.4) is 0 Å². The molecule has 0 aliphatic carbocycles. The summed E-state index contributed by atoms with van der Waals surface area (Å²) in [5, 5.41) is 0.371. The molecule has 5 nitrogen and oxygen atoms in total. The van der Waals surface area contributed by atoms with Crippen molar-refractivity contribution in [2.24, 2.45) is 5.92 Å². The van der Waals surface area contributed by atoms with Gasteiger partial charge in [0.1, 0.15) is 11.6 Å². The molecule has 154 valence electrons. The van der Waals surface area contributed by atoms with Crippen LogP contribution in [0.4, 0.5) is 4.39 Å². The van der Waals surface area contributed by atoms with Gasteiger partial charge in [-0.25, -0.2) is 9.37 Å². The van der Waals surface area contributed by atoms with Gasteiger partial charge in [0.2, 0.25) is 0 Å². The zero-order valence-electron chi connectivity index (χ0n) is 17.6. The van der Waals surface area contributed by atoms with Crippen LogP contribution >= 0.6 is 0 Å². The van der Waals surface area contributed by atoms with Crippen LogP contribution in [0, 0.1) is 11.7 Å². The molecule has 0 amide bonds. The van der Waals surface area contributed by atoms with Crippen LogP contribution in [-0.2, 0) is 6.54 Å². The monoisotopic (exact) mass is 388 g/mol. The van der Waals surface area contributed by atoms with Gasteiger partial charge in [0.05, 0.1) is 16.9 Å². The van der Waals surface area contributed by atoms with E-state index in [1.807, 2.05) is 0 Å². The van der Waals surface area contributed by atoms with Crippen molar-refractivity contribution in [2.45, 2.75) is 52.6 Å². The Kier molecular flexibility index (Phi) is 6.83. The maximum Gasteiger partial charge on any atom is 0.261 e. The fraction of sp³-hybridized carbons (Fsp3) is 0.636. The number of fused-ring (bicyclic) bond motifs is 1. The molecular formula is C22H33FN4O. The first-order valence-electron chi connectivity index (χ1n) is 10.5. The predicted molar refractivity (Wildman–Crippen MR) is 112 cm³/mol. The van der Waals surface area contributed by atoms with Gasteiger partial charge in [-0.2, -0.15) is 0 Å². The summed E-state index contributed by atoms with van der Waals surface area (Å²) >= 11 is 0. The summed E-state index contributed by atoms with van der Waals surface area (Å²) in [5.41, 5.74) is 0.468. The van der Waals surface area contributed by atoms with Crippen molar-refractivity contribution in [3.8, 4) is 0 Å². The summed E-state index contributed by atoms with van der Waals surface area (Å²) in [6, 6.07) is 4.45. The van der Waals surface area contributed by atoms with E-state index in [1.165, 1.54) is 12.1 Å². The highest BCUT2D eigenvalue weighted by molar-refractivity contribution is 5.77.